The van der Waals surface area contributed by atoms with E-state index >= 15 is 0 Å². The van der Waals surface area contributed by atoms with E-state index < -0.39 is 24.5 Å². The number of fused-ring (bicyclic) bond motifs is 1. The summed E-state index contributed by atoms with van der Waals surface area (Å²) >= 11 is 0. The van der Waals surface area contributed by atoms with Crippen LogP contribution in [0.15, 0.2) is 24.7 Å². The fraction of sp³-hybridized carbons (Fsp3) is 0.455. The maximum Gasteiger partial charge on any atom is 0.165 e. The zero-order valence-corrected chi connectivity index (χ0v) is 9.42. The number of aromatic nitrogens is 3. The smallest absolute Gasteiger partial charge is 0.165 e. The van der Waals surface area contributed by atoms with Gasteiger partial charge in [-0.2, -0.15) is 0 Å². The summed E-state index contributed by atoms with van der Waals surface area (Å²) in [5.74, 6) is 0. The van der Waals surface area contributed by atoms with Gasteiger partial charge in [0.15, 0.2) is 11.9 Å². The quantitative estimate of drug-likeness (QED) is 0.635. The molecule has 0 radical (unpaired) electrons. The topological polar surface area (TPSA) is 101 Å². The van der Waals surface area contributed by atoms with Crippen molar-refractivity contribution in [2.45, 2.75) is 24.5 Å². The van der Waals surface area contributed by atoms with Crippen molar-refractivity contribution in [2.24, 2.45) is 0 Å². The van der Waals surface area contributed by atoms with Crippen LogP contribution in [0, 0.1) is 0 Å². The van der Waals surface area contributed by atoms with E-state index in [1.165, 1.54) is 6.33 Å². The predicted octanol–water partition coefficient (Wildman–Crippen LogP) is -0.957. The number of aliphatic hydroxyl groups excluding tert-OH is 3. The SMILES string of the molecule is OC[C@H]1O[C@H](n2cnc3cccnc32)[C@@H](O)[C@@H]1O. The van der Waals surface area contributed by atoms with Gasteiger partial charge in [0.2, 0.25) is 0 Å². The third-order valence-corrected chi connectivity index (χ3v) is 3.12. The van der Waals surface area contributed by atoms with Gasteiger partial charge in [-0.3, -0.25) is 4.57 Å². The van der Waals surface area contributed by atoms with E-state index in [0.29, 0.717) is 11.2 Å². The molecule has 0 amide bonds. The lowest BCUT2D eigenvalue weighted by atomic mass is 10.1. The fourth-order valence-corrected chi connectivity index (χ4v) is 2.16. The number of hydrogen-bond donors (Lipinski definition) is 3. The lowest BCUT2D eigenvalue weighted by molar-refractivity contribution is -0.0511. The molecule has 1 fully saturated rings. The second-order valence-corrected chi connectivity index (χ2v) is 4.23. The van der Waals surface area contributed by atoms with E-state index in [9.17, 15) is 10.2 Å². The summed E-state index contributed by atoms with van der Waals surface area (Å²) in [6.07, 6.45) is -0.731. The van der Waals surface area contributed by atoms with Crippen LogP contribution < -0.4 is 0 Å². The van der Waals surface area contributed by atoms with Crippen molar-refractivity contribution >= 4 is 11.2 Å². The lowest BCUT2D eigenvalue weighted by Crippen LogP contribution is -2.33. The molecule has 96 valence electrons. The summed E-state index contributed by atoms with van der Waals surface area (Å²) in [5, 5.41) is 28.7. The number of rotatable bonds is 2. The minimum absolute atomic E-state index is 0.352. The van der Waals surface area contributed by atoms with E-state index in [2.05, 4.69) is 9.97 Å². The summed E-state index contributed by atoms with van der Waals surface area (Å²) in [7, 11) is 0. The highest BCUT2D eigenvalue weighted by Gasteiger charge is 2.43. The van der Waals surface area contributed by atoms with Gasteiger partial charge in [-0.1, -0.05) is 0 Å². The molecule has 0 aromatic carbocycles. The molecule has 0 unspecified atom stereocenters. The van der Waals surface area contributed by atoms with E-state index in [0.717, 1.165) is 0 Å². The molecule has 1 aliphatic heterocycles. The number of pyridine rings is 1. The summed E-state index contributed by atoms with van der Waals surface area (Å²) in [4.78, 5) is 8.30. The van der Waals surface area contributed by atoms with E-state index in [1.807, 2.05) is 0 Å². The fourth-order valence-electron chi connectivity index (χ4n) is 2.16. The van der Waals surface area contributed by atoms with Crippen LogP contribution in [-0.4, -0.2) is 54.8 Å². The van der Waals surface area contributed by atoms with Crippen LogP contribution >= 0.6 is 0 Å². The van der Waals surface area contributed by atoms with Crippen LogP contribution in [0.5, 0.6) is 0 Å². The molecule has 0 spiro atoms. The van der Waals surface area contributed by atoms with E-state index in [-0.39, 0.29) is 6.61 Å². The number of ether oxygens (including phenoxy) is 1. The highest BCUT2D eigenvalue weighted by molar-refractivity contribution is 5.70. The van der Waals surface area contributed by atoms with Gasteiger partial charge in [0.25, 0.3) is 0 Å². The third-order valence-electron chi connectivity index (χ3n) is 3.12. The molecule has 3 N–H and O–H groups in total. The number of imidazole rings is 1. The van der Waals surface area contributed by atoms with Crippen LogP contribution in [0.1, 0.15) is 6.23 Å². The Balaban J connectivity index is 2.00. The van der Waals surface area contributed by atoms with Gasteiger partial charge in [0.1, 0.15) is 23.8 Å². The van der Waals surface area contributed by atoms with Crippen molar-refractivity contribution in [1.29, 1.82) is 0 Å². The normalized spacial score (nSPS) is 32.2. The van der Waals surface area contributed by atoms with Crippen molar-refractivity contribution in [3.63, 3.8) is 0 Å². The summed E-state index contributed by atoms with van der Waals surface area (Å²) in [5.41, 5.74) is 1.24. The van der Waals surface area contributed by atoms with Gasteiger partial charge in [-0.15, -0.1) is 0 Å². The van der Waals surface area contributed by atoms with Crippen molar-refractivity contribution < 1.29 is 20.1 Å². The molecule has 3 heterocycles. The summed E-state index contributed by atoms with van der Waals surface area (Å²) < 4.78 is 6.98. The van der Waals surface area contributed by atoms with E-state index in [1.54, 1.807) is 22.9 Å². The standard InChI is InChI=1S/C11H13N3O4/c15-4-7-8(16)9(17)11(18-7)14-5-13-6-2-1-3-12-10(6)14/h1-3,5,7-9,11,15-17H,4H2/t7-,8-,9+,11+/m1/s1. The Morgan fingerprint density at radius 1 is 1.28 bits per heavy atom. The zero-order valence-electron chi connectivity index (χ0n) is 9.42. The number of aliphatic hydroxyl groups is 3. The lowest BCUT2D eigenvalue weighted by Gasteiger charge is -2.16. The average molecular weight is 251 g/mol. The third kappa shape index (κ3) is 1.60. The first kappa shape index (κ1) is 11.5. The Labute approximate surface area is 102 Å². The molecule has 7 heteroatoms. The molecule has 7 nitrogen and oxygen atoms in total. The molecular weight excluding hydrogens is 238 g/mol. The highest BCUT2D eigenvalue weighted by atomic mass is 16.6. The molecule has 1 aliphatic rings. The van der Waals surface area contributed by atoms with Gasteiger partial charge in [0, 0.05) is 6.20 Å². The minimum atomic E-state index is -1.12. The van der Waals surface area contributed by atoms with Crippen LogP contribution in [0.2, 0.25) is 0 Å². The molecule has 0 bridgehead atoms. The van der Waals surface area contributed by atoms with Crippen LogP contribution in [0.25, 0.3) is 11.2 Å². The van der Waals surface area contributed by atoms with E-state index in [4.69, 9.17) is 9.84 Å². The van der Waals surface area contributed by atoms with Gasteiger partial charge in [0.05, 0.1) is 12.9 Å². The zero-order chi connectivity index (χ0) is 12.7. The van der Waals surface area contributed by atoms with Crippen molar-refractivity contribution in [2.75, 3.05) is 6.61 Å². The Kier molecular flexibility index (Phi) is 2.75. The first-order valence-corrected chi connectivity index (χ1v) is 5.62. The Morgan fingerprint density at radius 2 is 2.11 bits per heavy atom. The maximum absolute atomic E-state index is 9.93. The first-order chi connectivity index (χ1) is 8.72. The van der Waals surface area contributed by atoms with Crippen molar-refractivity contribution in [1.82, 2.24) is 14.5 Å². The summed E-state index contributed by atoms with van der Waals surface area (Å²) in [6.45, 7) is -0.352. The van der Waals surface area contributed by atoms with Gasteiger partial charge in [-0.25, -0.2) is 9.97 Å². The number of nitrogens with zero attached hydrogens (tertiary/aromatic N) is 3. The average Bonchev–Trinajstić information content (AvgIpc) is 2.93. The molecule has 18 heavy (non-hydrogen) atoms. The highest BCUT2D eigenvalue weighted by Crippen LogP contribution is 2.30. The molecule has 2 aromatic rings. The number of hydrogen-bond acceptors (Lipinski definition) is 6. The first-order valence-electron chi connectivity index (χ1n) is 5.62. The molecule has 1 saturated heterocycles. The predicted molar refractivity (Wildman–Crippen MR) is 60.5 cm³/mol. The molecule has 0 saturated carbocycles. The van der Waals surface area contributed by atoms with Gasteiger partial charge >= 0.3 is 0 Å². The molecule has 2 aromatic heterocycles. The second-order valence-electron chi connectivity index (χ2n) is 4.23. The maximum atomic E-state index is 9.93. The van der Waals surface area contributed by atoms with Crippen LogP contribution in [-0.2, 0) is 4.74 Å². The monoisotopic (exact) mass is 251 g/mol. The minimum Gasteiger partial charge on any atom is -0.394 e. The van der Waals surface area contributed by atoms with Crippen LogP contribution in [0.4, 0.5) is 0 Å². The van der Waals surface area contributed by atoms with Gasteiger partial charge < -0.3 is 20.1 Å². The van der Waals surface area contributed by atoms with Crippen LogP contribution in [0.3, 0.4) is 0 Å². The summed E-state index contributed by atoms with van der Waals surface area (Å²) in [6, 6.07) is 3.55. The van der Waals surface area contributed by atoms with Crippen molar-refractivity contribution in [3.05, 3.63) is 24.7 Å². The molecular formula is C11H13N3O4. The Morgan fingerprint density at radius 3 is 2.83 bits per heavy atom. The second kappa shape index (κ2) is 4.29. The Hall–Kier alpha value is -1.54. The van der Waals surface area contributed by atoms with Crippen molar-refractivity contribution in [3.8, 4) is 0 Å². The molecule has 4 atom stereocenters. The Bertz CT molecular complexity index is 558. The van der Waals surface area contributed by atoms with Gasteiger partial charge in [-0.05, 0) is 12.1 Å². The molecule has 3 rings (SSSR count). The largest absolute Gasteiger partial charge is 0.394 e. The molecule has 0 aliphatic carbocycles.